The normalized spacial score (nSPS) is 10.2. The van der Waals surface area contributed by atoms with Crippen LogP contribution in [0.15, 0.2) is 18.2 Å². The molecule has 0 bridgehead atoms. The second kappa shape index (κ2) is 5.02. The molecule has 1 amide bonds. The van der Waals surface area contributed by atoms with Crippen molar-refractivity contribution in [3.63, 3.8) is 0 Å². The molecule has 0 saturated carbocycles. The van der Waals surface area contributed by atoms with E-state index in [0.29, 0.717) is 5.75 Å². The van der Waals surface area contributed by atoms with Crippen LogP contribution in [0.1, 0.15) is 24.2 Å². The summed E-state index contributed by atoms with van der Waals surface area (Å²) >= 11 is 3.62. The fourth-order valence-electron chi connectivity index (χ4n) is 1.10. The van der Waals surface area contributed by atoms with Crippen LogP contribution in [0, 0.1) is 5.82 Å². The Morgan fingerprint density at radius 1 is 1.53 bits per heavy atom. The molecule has 1 aromatic rings. The van der Waals surface area contributed by atoms with E-state index in [-0.39, 0.29) is 11.7 Å². The maximum absolute atomic E-state index is 12.9. The van der Waals surface area contributed by atoms with Gasteiger partial charge in [-0.25, -0.2) is 4.39 Å². The van der Waals surface area contributed by atoms with Crippen LogP contribution in [-0.2, 0) is 0 Å². The van der Waals surface area contributed by atoms with Gasteiger partial charge in [-0.05, 0) is 32.0 Å². The van der Waals surface area contributed by atoms with Crippen molar-refractivity contribution in [3.05, 3.63) is 29.6 Å². The Hall–Kier alpha value is -1.23. The van der Waals surface area contributed by atoms with Crippen molar-refractivity contribution in [3.8, 4) is 5.75 Å². The van der Waals surface area contributed by atoms with Crippen molar-refractivity contribution >= 4 is 18.7 Å². The van der Waals surface area contributed by atoms with Gasteiger partial charge in [0.05, 0.1) is 11.7 Å². The zero-order chi connectivity index (χ0) is 11.4. The number of carbonyl (C=O) groups excluding carboxylic acids is 1. The van der Waals surface area contributed by atoms with Gasteiger partial charge in [0.15, 0.2) is 0 Å². The van der Waals surface area contributed by atoms with Gasteiger partial charge < -0.3 is 4.74 Å². The maximum Gasteiger partial charge on any atom is 0.264 e. The first-order valence-corrected chi connectivity index (χ1v) is 4.90. The van der Waals surface area contributed by atoms with Gasteiger partial charge in [-0.3, -0.25) is 9.52 Å². The van der Waals surface area contributed by atoms with Crippen LogP contribution in [0.4, 0.5) is 4.39 Å². The molecule has 0 aliphatic carbocycles. The highest BCUT2D eigenvalue weighted by molar-refractivity contribution is 7.78. The van der Waals surface area contributed by atoms with Gasteiger partial charge in [0.2, 0.25) is 0 Å². The van der Waals surface area contributed by atoms with Crippen molar-refractivity contribution in [2.45, 2.75) is 20.0 Å². The topological polar surface area (TPSA) is 38.3 Å². The third-order valence-electron chi connectivity index (χ3n) is 1.65. The number of hydrogen-bond acceptors (Lipinski definition) is 3. The summed E-state index contributed by atoms with van der Waals surface area (Å²) in [7, 11) is 0. The van der Waals surface area contributed by atoms with E-state index in [1.54, 1.807) is 0 Å². The summed E-state index contributed by atoms with van der Waals surface area (Å²) in [5.41, 5.74) is 0.138. The molecule has 1 rings (SSSR count). The summed E-state index contributed by atoms with van der Waals surface area (Å²) in [6.07, 6.45) is -0.0815. The molecular weight excluding hydrogens is 217 g/mol. The number of halogens is 1. The number of ether oxygens (including phenoxy) is 1. The van der Waals surface area contributed by atoms with Crippen LogP contribution in [-0.4, -0.2) is 12.0 Å². The van der Waals surface area contributed by atoms with Crippen LogP contribution in [0.5, 0.6) is 5.75 Å². The third-order valence-corrected chi connectivity index (χ3v) is 1.85. The standard InChI is InChI=1S/C10H12FNO2S/c1-6(2)14-9-4-3-7(11)5-8(9)10(13)12-15/h3-6,15H,1-2H3,(H,12,13). The number of nitrogens with one attached hydrogen (secondary N) is 1. The molecule has 0 fully saturated rings. The van der Waals surface area contributed by atoms with E-state index >= 15 is 0 Å². The predicted molar refractivity (Wildman–Crippen MR) is 58.6 cm³/mol. The fourth-order valence-corrected chi connectivity index (χ4v) is 1.22. The molecule has 1 aromatic carbocycles. The van der Waals surface area contributed by atoms with E-state index < -0.39 is 11.7 Å². The second-order valence-corrected chi connectivity index (χ2v) is 3.47. The van der Waals surface area contributed by atoms with Crippen LogP contribution in [0.3, 0.4) is 0 Å². The molecule has 0 aliphatic heterocycles. The summed E-state index contributed by atoms with van der Waals surface area (Å²) < 4.78 is 20.4. The quantitative estimate of drug-likeness (QED) is 0.780. The summed E-state index contributed by atoms with van der Waals surface area (Å²) in [6, 6.07) is 3.78. The summed E-state index contributed by atoms with van der Waals surface area (Å²) in [6.45, 7) is 3.65. The molecule has 0 spiro atoms. The fraction of sp³-hybridized carbons (Fsp3) is 0.300. The first-order valence-electron chi connectivity index (χ1n) is 4.45. The number of carbonyl (C=O) groups is 1. The molecule has 1 N–H and O–H groups in total. The lowest BCUT2D eigenvalue weighted by atomic mass is 10.2. The summed E-state index contributed by atoms with van der Waals surface area (Å²) in [5.74, 6) is -0.635. The molecule has 0 heterocycles. The van der Waals surface area contributed by atoms with Crippen molar-refractivity contribution < 1.29 is 13.9 Å². The first kappa shape index (κ1) is 11.8. The van der Waals surface area contributed by atoms with Gasteiger partial charge in [-0.1, -0.05) is 12.8 Å². The molecule has 0 aliphatic rings. The SMILES string of the molecule is CC(C)Oc1ccc(F)cc1C(=O)NS. The number of rotatable bonds is 3. The van der Waals surface area contributed by atoms with E-state index in [9.17, 15) is 9.18 Å². The molecule has 82 valence electrons. The van der Waals surface area contributed by atoms with Crippen LogP contribution in [0.25, 0.3) is 0 Å². The molecule has 0 saturated heterocycles. The highest BCUT2D eigenvalue weighted by Gasteiger charge is 2.13. The van der Waals surface area contributed by atoms with Gasteiger partial charge in [0.25, 0.3) is 5.91 Å². The van der Waals surface area contributed by atoms with E-state index in [1.165, 1.54) is 12.1 Å². The minimum absolute atomic E-state index is 0.0815. The largest absolute Gasteiger partial charge is 0.490 e. The molecule has 3 nitrogen and oxygen atoms in total. The third kappa shape index (κ3) is 3.13. The first-order chi connectivity index (χ1) is 7.04. The Morgan fingerprint density at radius 2 is 2.20 bits per heavy atom. The smallest absolute Gasteiger partial charge is 0.264 e. The average molecular weight is 229 g/mol. The van der Waals surface area contributed by atoms with Crippen molar-refractivity contribution in [1.29, 1.82) is 0 Å². The lowest BCUT2D eigenvalue weighted by molar-refractivity contribution is 0.0978. The Kier molecular flexibility index (Phi) is 3.96. The number of thiol groups is 1. The van der Waals surface area contributed by atoms with Gasteiger partial charge in [0.1, 0.15) is 11.6 Å². The van der Waals surface area contributed by atoms with E-state index in [4.69, 9.17) is 4.74 Å². The Labute approximate surface area is 93.2 Å². The van der Waals surface area contributed by atoms with E-state index in [2.05, 4.69) is 17.5 Å². The van der Waals surface area contributed by atoms with Gasteiger partial charge in [-0.15, -0.1) is 0 Å². The number of benzene rings is 1. The molecular formula is C10H12FNO2S. The van der Waals surface area contributed by atoms with Crippen molar-refractivity contribution in [2.24, 2.45) is 0 Å². The second-order valence-electron chi connectivity index (χ2n) is 3.25. The molecule has 15 heavy (non-hydrogen) atoms. The molecule has 0 unspecified atom stereocenters. The van der Waals surface area contributed by atoms with Crippen LogP contribution < -0.4 is 9.46 Å². The van der Waals surface area contributed by atoms with Gasteiger partial charge in [-0.2, -0.15) is 0 Å². The lowest BCUT2D eigenvalue weighted by Gasteiger charge is -2.13. The van der Waals surface area contributed by atoms with E-state index in [1.807, 2.05) is 13.8 Å². The average Bonchev–Trinajstić information content (AvgIpc) is 2.19. The number of amides is 1. The zero-order valence-corrected chi connectivity index (χ0v) is 9.35. The highest BCUT2D eigenvalue weighted by atomic mass is 32.1. The zero-order valence-electron chi connectivity index (χ0n) is 8.45. The highest BCUT2D eigenvalue weighted by Crippen LogP contribution is 2.21. The molecule has 0 aromatic heterocycles. The monoisotopic (exact) mass is 229 g/mol. The number of hydrogen-bond donors (Lipinski definition) is 2. The van der Waals surface area contributed by atoms with Crippen molar-refractivity contribution in [1.82, 2.24) is 4.72 Å². The Bertz CT molecular complexity index is 368. The summed E-state index contributed by atoms with van der Waals surface area (Å²) in [5, 5.41) is 0. The predicted octanol–water partition coefficient (Wildman–Crippen LogP) is 2.19. The lowest BCUT2D eigenvalue weighted by Crippen LogP contribution is -2.16. The van der Waals surface area contributed by atoms with Gasteiger partial charge >= 0.3 is 0 Å². The van der Waals surface area contributed by atoms with Gasteiger partial charge in [0, 0.05) is 0 Å². The minimum atomic E-state index is -0.492. The summed E-state index contributed by atoms with van der Waals surface area (Å²) in [4.78, 5) is 11.3. The van der Waals surface area contributed by atoms with Crippen LogP contribution in [0.2, 0.25) is 0 Å². The maximum atomic E-state index is 12.9. The molecule has 0 atom stereocenters. The Balaban J connectivity index is 3.08. The van der Waals surface area contributed by atoms with Crippen LogP contribution >= 0.6 is 12.8 Å². The molecule has 0 radical (unpaired) electrons. The minimum Gasteiger partial charge on any atom is -0.490 e. The van der Waals surface area contributed by atoms with Crippen molar-refractivity contribution in [2.75, 3.05) is 0 Å². The van der Waals surface area contributed by atoms with E-state index in [0.717, 1.165) is 6.07 Å². The Morgan fingerprint density at radius 3 is 2.73 bits per heavy atom. The molecule has 5 heteroatoms.